The Morgan fingerprint density at radius 1 is 1.21 bits per heavy atom. The van der Waals surface area contributed by atoms with Crippen LogP contribution in [0.1, 0.15) is 42.9 Å². The van der Waals surface area contributed by atoms with Crippen molar-refractivity contribution in [2.24, 2.45) is 11.8 Å². The van der Waals surface area contributed by atoms with Gasteiger partial charge < -0.3 is 9.47 Å². The van der Waals surface area contributed by atoms with E-state index in [1.807, 2.05) is 20.0 Å². The molecule has 1 saturated heterocycles. The van der Waals surface area contributed by atoms with Crippen LogP contribution in [0.3, 0.4) is 0 Å². The minimum atomic E-state index is -4.44. The third-order valence-corrected chi connectivity index (χ3v) is 5.91. The highest BCUT2D eigenvalue weighted by Gasteiger charge is 2.57. The van der Waals surface area contributed by atoms with Crippen LogP contribution in [0.5, 0.6) is 0 Å². The van der Waals surface area contributed by atoms with Crippen LogP contribution in [0, 0.1) is 18.8 Å². The minimum absolute atomic E-state index is 0.0376. The molecule has 1 aliphatic carbocycles. The van der Waals surface area contributed by atoms with Crippen molar-refractivity contribution in [3.05, 3.63) is 35.5 Å². The van der Waals surface area contributed by atoms with E-state index in [-0.39, 0.29) is 18.3 Å². The van der Waals surface area contributed by atoms with Crippen LogP contribution in [0.2, 0.25) is 0 Å². The lowest BCUT2D eigenvalue weighted by molar-refractivity contribution is -0.138. The molecular weight excluding hydrogens is 372 g/mol. The quantitative estimate of drug-likeness (QED) is 0.700. The molecule has 4 nitrogen and oxygen atoms in total. The van der Waals surface area contributed by atoms with Gasteiger partial charge in [-0.25, -0.2) is 9.37 Å². The number of hydrogen-bond donors (Lipinski definition) is 0. The lowest BCUT2D eigenvalue weighted by Gasteiger charge is -2.19. The molecule has 0 spiro atoms. The first-order valence-electron chi connectivity index (χ1n) is 9.62. The van der Waals surface area contributed by atoms with E-state index in [9.17, 15) is 17.6 Å². The average molecular weight is 396 g/mol. The van der Waals surface area contributed by atoms with Crippen LogP contribution >= 0.6 is 0 Å². The molecule has 0 amide bonds. The number of pyridine rings is 1. The summed E-state index contributed by atoms with van der Waals surface area (Å²) in [4.78, 5) is 10.7. The van der Waals surface area contributed by atoms with Gasteiger partial charge in [-0.2, -0.15) is 13.2 Å². The molecule has 1 saturated carbocycles. The predicted octanol–water partition coefficient (Wildman–Crippen LogP) is 4.47. The topological polar surface area (TPSA) is 34.0 Å². The smallest absolute Gasteiger partial charge is 0.330 e. The van der Waals surface area contributed by atoms with E-state index in [4.69, 9.17) is 0 Å². The summed E-state index contributed by atoms with van der Waals surface area (Å²) in [5.41, 5.74) is 0.135. The van der Waals surface area contributed by atoms with Crippen molar-refractivity contribution in [2.75, 3.05) is 26.3 Å². The van der Waals surface area contributed by atoms with Crippen molar-refractivity contribution < 1.29 is 17.6 Å². The van der Waals surface area contributed by atoms with Crippen molar-refractivity contribution in [2.45, 2.75) is 38.9 Å². The number of imidazole rings is 1. The Kier molecular flexibility index (Phi) is 4.72. The van der Waals surface area contributed by atoms with Crippen molar-refractivity contribution in [3.63, 3.8) is 0 Å². The van der Waals surface area contributed by atoms with E-state index in [0.29, 0.717) is 35.7 Å². The van der Waals surface area contributed by atoms with Crippen molar-refractivity contribution in [1.82, 2.24) is 19.4 Å². The summed E-state index contributed by atoms with van der Waals surface area (Å²) in [6, 6.07) is 1.44. The van der Waals surface area contributed by atoms with Crippen LogP contribution in [-0.2, 0) is 6.18 Å². The van der Waals surface area contributed by atoms with Gasteiger partial charge in [0.25, 0.3) is 0 Å². The number of likely N-dealkylation sites (tertiary alicyclic amines) is 1. The Balaban J connectivity index is 1.64. The zero-order valence-electron chi connectivity index (χ0n) is 16.2. The molecule has 0 radical (unpaired) electrons. The minimum Gasteiger partial charge on any atom is -0.330 e. The first kappa shape index (κ1) is 19.4. The van der Waals surface area contributed by atoms with Gasteiger partial charge in [0, 0.05) is 55.2 Å². The van der Waals surface area contributed by atoms with E-state index in [1.54, 1.807) is 0 Å². The van der Waals surface area contributed by atoms with E-state index in [2.05, 4.69) is 19.4 Å². The molecule has 2 fully saturated rings. The van der Waals surface area contributed by atoms with Gasteiger partial charge in [-0.3, -0.25) is 4.98 Å². The molecule has 0 N–H and O–H groups in total. The fourth-order valence-corrected chi connectivity index (χ4v) is 4.47. The van der Waals surface area contributed by atoms with Gasteiger partial charge in [0.05, 0.1) is 11.3 Å². The maximum absolute atomic E-state index is 13.3. The summed E-state index contributed by atoms with van der Waals surface area (Å²) in [6.07, 6.45) is -1.12. The molecule has 3 heterocycles. The van der Waals surface area contributed by atoms with Gasteiger partial charge in [-0.05, 0) is 24.8 Å². The average Bonchev–Trinajstić information content (AvgIpc) is 2.98. The normalized spacial score (nSPS) is 24.8. The number of rotatable bonds is 5. The molecule has 2 aromatic heterocycles. The zero-order valence-corrected chi connectivity index (χ0v) is 16.2. The molecule has 3 atom stereocenters. The predicted molar refractivity (Wildman–Crippen MR) is 97.7 cm³/mol. The summed E-state index contributed by atoms with van der Waals surface area (Å²) in [6.45, 7) is 7.30. The Morgan fingerprint density at radius 2 is 1.89 bits per heavy atom. The molecule has 4 rings (SSSR count). The third kappa shape index (κ3) is 3.32. The Bertz CT molecular complexity index is 862. The van der Waals surface area contributed by atoms with Crippen LogP contribution < -0.4 is 0 Å². The number of halogens is 4. The van der Waals surface area contributed by atoms with Gasteiger partial charge >= 0.3 is 6.18 Å². The van der Waals surface area contributed by atoms with Crippen LogP contribution in [0.4, 0.5) is 17.6 Å². The fourth-order valence-electron chi connectivity index (χ4n) is 4.47. The third-order valence-electron chi connectivity index (χ3n) is 5.91. The monoisotopic (exact) mass is 396 g/mol. The maximum atomic E-state index is 13.3. The van der Waals surface area contributed by atoms with Crippen LogP contribution in [-0.4, -0.2) is 45.7 Å². The maximum Gasteiger partial charge on any atom is 0.418 e. The fraction of sp³-hybridized carbons (Fsp3) is 0.600. The molecule has 0 bridgehead atoms. The highest BCUT2D eigenvalue weighted by molar-refractivity contribution is 5.59. The molecule has 28 heavy (non-hydrogen) atoms. The van der Waals surface area contributed by atoms with Gasteiger partial charge in [-0.15, -0.1) is 0 Å². The van der Waals surface area contributed by atoms with Gasteiger partial charge in [0.1, 0.15) is 12.5 Å². The standard InChI is InChI=1S/C20H24F4N4/c1-11(2)19-26-17(13-6-16(20(22,23)24)12(3)25-7-13)10-28(19)18-14-8-27(5-4-21)9-15(14)18/h6-7,10-11,14-15,18H,4-5,8-9H2,1-3H3/t14-,15+,18+. The Hall–Kier alpha value is -1.96. The van der Waals surface area contributed by atoms with Gasteiger partial charge in [-0.1, -0.05) is 13.8 Å². The van der Waals surface area contributed by atoms with Crippen LogP contribution in [0.25, 0.3) is 11.3 Å². The van der Waals surface area contributed by atoms with Crippen molar-refractivity contribution >= 4 is 0 Å². The van der Waals surface area contributed by atoms with Crippen molar-refractivity contribution in [1.29, 1.82) is 0 Å². The molecule has 8 heteroatoms. The number of hydrogen-bond acceptors (Lipinski definition) is 3. The van der Waals surface area contributed by atoms with E-state index >= 15 is 0 Å². The number of nitrogens with zero attached hydrogens (tertiary/aromatic N) is 4. The number of alkyl halides is 4. The molecule has 1 aliphatic heterocycles. The second kappa shape index (κ2) is 6.83. The summed E-state index contributed by atoms with van der Waals surface area (Å²) in [5.74, 6) is 1.96. The Labute approximate surface area is 161 Å². The molecular formula is C20H24F4N4. The number of aryl methyl sites for hydroxylation is 1. The van der Waals surface area contributed by atoms with E-state index in [1.165, 1.54) is 13.1 Å². The molecule has 2 aliphatic rings. The summed E-state index contributed by atoms with van der Waals surface area (Å²) in [7, 11) is 0. The number of fused-ring (bicyclic) bond motifs is 1. The van der Waals surface area contributed by atoms with E-state index in [0.717, 1.165) is 25.0 Å². The lowest BCUT2D eigenvalue weighted by atomic mass is 10.1. The first-order chi connectivity index (χ1) is 13.2. The molecule has 2 aromatic rings. The highest BCUT2D eigenvalue weighted by Crippen LogP contribution is 2.56. The summed E-state index contributed by atoms with van der Waals surface area (Å²) >= 11 is 0. The first-order valence-corrected chi connectivity index (χ1v) is 9.62. The number of piperidine rings is 1. The van der Waals surface area contributed by atoms with Gasteiger partial charge in [0.2, 0.25) is 0 Å². The molecule has 0 aromatic carbocycles. The Morgan fingerprint density at radius 3 is 2.46 bits per heavy atom. The molecule has 152 valence electrons. The van der Waals surface area contributed by atoms with Crippen molar-refractivity contribution in [3.8, 4) is 11.3 Å². The second-order valence-electron chi connectivity index (χ2n) is 8.17. The second-order valence-corrected chi connectivity index (χ2v) is 8.17. The lowest BCUT2D eigenvalue weighted by Crippen LogP contribution is -2.27. The number of aromatic nitrogens is 3. The zero-order chi connectivity index (χ0) is 20.2. The van der Waals surface area contributed by atoms with Gasteiger partial charge in [0.15, 0.2) is 0 Å². The molecule has 0 unspecified atom stereocenters. The van der Waals surface area contributed by atoms with Crippen LogP contribution in [0.15, 0.2) is 18.5 Å². The largest absolute Gasteiger partial charge is 0.418 e. The summed E-state index contributed by atoms with van der Waals surface area (Å²) < 4.78 is 54.5. The summed E-state index contributed by atoms with van der Waals surface area (Å²) in [5, 5.41) is 0. The highest BCUT2D eigenvalue weighted by atomic mass is 19.4. The SMILES string of the molecule is Cc1ncc(-c2cn([C@H]3[C@@H]4CN(CCF)C[C@@H]43)c(C(C)C)n2)cc1C(F)(F)F. The van der Waals surface area contributed by atoms with E-state index < -0.39 is 11.7 Å².